The first-order valence-corrected chi connectivity index (χ1v) is 5.74. The number of carbonyl (C=O) groups excluding carboxylic acids is 1. The summed E-state index contributed by atoms with van der Waals surface area (Å²) >= 11 is 3.47. The standard InChI is InChI=1S/C10H16BrNO2/c1-2-14-10(13)5-7-12-6-3-4-9(11)8-12/h4H,2-3,5-8H2,1H3. The number of hydrogen-bond acceptors (Lipinski definition) is 3. The summed E-state index contributed by atoms with van der Waals surface area (Å²) in [5.41, 5.74) is 0. The van der Waals surface area contributed by atoms with E-state index in [0.29, 0.717) is 13.0 Å². The first-order chi connectivity index (χ1) is 6.72. The molecule has 1 rings (SSSR count). The summed E-state index contributed by atoms with van der Waals surface area (Å²) in [6.45, 7) is 5.05. The molecule has 0 amide bonds. The van der Waals surface area contributed by atoms with Crippen LogP contribution in [0, 0.1) is 0 Å². The minimum absolute atomic E-state index is 0.0989. The molecule has 4 heteroatoms. The highest BCUT2D eigenvalue weighted by molar-refractivity contribution is 9.11. The largest absolute Gasteiger partial charge is 0.466 e. The Balaban J connectivity index is 2.19. The second-order valence-corrected chi connectivity index (χ2v) is 4.29. The van der Waals surface area contributed by atoms with E-state index in [9.17, 15) is 4.79 Å². The van der Waals surface area contributed by atoms with Crippen LogP contribution in [-0.4, -0.2) is 37.1 Å². The number of carbonyl (C=O) groups is 1. The number of esters is 1. The third-order valence-corrected chi connectivity index (χ3v) is 2.70. The van der Waals surface area contributed by atoms with Gasteiger partial charge in [0, 0.05) is 24.1 Å². The van der Waals surface area contributed by atoms with Gasteiger partial charge in [0.15, 0.2) is 0 Å². The Morgan fingerprint density at radius 1 is 1.71 bits per heavy atom. The first kappa shape index (κ1) is 11.7. The van der Waals surface area contributed by atoms with Gasteiger partial charge in [0.25, 0.3) is 0 Å². The summed E-state index contributed by atoms with van der Waals surface area (Å²) in [7, 11) is 0. The second-order valence-electron chi connectivity index (χ2n) is 3.27. The number of hydrogen-bond donors (Lipinski definition) is 0. The molecule has 0 saturated heterocycles. The van der Waals surface area contributed by atoms with Gasteiger partial charge in [0.1, 0.15) is 0 Å². The van der Waals surface area contributed by atoms with Crippen molar-refractivity contribution in [3.63, 3.8) is 0 Å². The van der Waals surface area contributed by atoms with Crippen LogP contribution >= 0.6 is 15.9 Å². The van der Waals surface area contributed by atoms with E-state index >= 15 is 0 Å². The highest BCUT2D eigenvalue weighted by Gasteiger charge is 2.12. The normalized spacial score (nSPS) is 17.7. The number of rotatable bonds is 4. The molecule has 0 N–H and O–H groups in total. The maximum absolute atomic E-state index is 11.1. The van der Waals surface area contributed by atoms with Crippen LogP contribution in [-0.2, 0) is 9.53 Å². The van der Waals surface area contributed by atoms with Crippen LogP contribution in [0.5, 0.6) is 0 Å². The van der Waals surface area contributed by atoms with Crippen LogP contribution < -0.4 is 0 Å². The van der Waals surface area contributed by atoms with Crippen molar-refractivity contribution >= 4 is 21.9 Å². The van der Waals surface area contributed by atoms with Crippen molar-refractivity contribution in [1.29, 1.82) is 0 Å². The van der Waals surface area contributed by atoms with Gasteiger partial charge in [-0.05, 0) is 13.3 Å². The average molecular weight is 262 g/mol. The van der Waals surface area contributed by atoms with Crippen LogP contribution in [0.15, 0.2) is 10.6 Å². The second kappa shape index (κ2) is 6.19. The van der Waals surface area contributed by atoms with E-state index in [2.05, 4.69) is 26.9 Å². The van der Waals surface area contributed by atoms with Crippen LogP contribution in [0.4, 0.5) is 0 Å². The van der Waals surface area contributed by atoms with Gasteiger partial charge in [-0.25, -0.2) is 0 Å². The molecule has 0 aromatic rings. The molecule has 3 nitrogen and oxygen atoms in total. The maximum Gasteiger partial charge on any atom is 0.307 e. The van der Waals surface area contributed by atoms with E-state index in [0.717, 1.165) is 26.1 Å². The quantitative estimate of drug-likeness (QED) is 0.725. The van der Waals surface area contributed by atoms with Gasteiger partial charge in [-0.1, -0.05) is 22.0 Å². The Bertz CT molecular complexity index is 228. The van der Waals surface area contributed by atoms with E-state index in [1.54, 1.807) is 0 Å². The molecule has 1 aliphatic heterocycles. The van der Waals surface area contributed by atoms with Gasteiger partial charge in [-0.15, -0.1) is 0 Å². The van der Waals surface area contributed by atoms with E-state index in [-0.39, 0.29) is 5.97 Å². The Morgan fingerprint density at radius 2 is 2.50 bits per heavy atom. The number of halogens is 1. The first-order valence-electron chi connectivity index (χ1n) is 4.95. The Morgan fingerprint density at radius 3 is 3.14 bits per heavy atom. The zero-order valence-corrected chi connectivity index (χ0v) is 10.0. The molecule has 0 saturated carbocycles. The molecule has 0 aromatic carbocycles. The summed E-state index contributed by atoms with van der Waals surface area (Å²) in [5.74, 6) is -0.0989. The Hall–Kier alpha value is -0.350. The van der Waals surface area contributed by atoms with Crippen molar-refractivity contribution in [1.82, 2.24) is 4.90 Å². The summed E-state index contributed by atoms with van der Waals surface area (Å²) in [6.07, 6.45) is 3.73. The molecule has 0 fully saturated rings. The molecule has 80 valence electrons. The summed E-state index contributed by atoms with van der Waals surface area (Å²) < 4.78 is 6.08. The molecule has 1 heterocycles. The van der Waals surface area contributed by atoms with Crippen LogP contribution in [0.2, 0.25) is 0 Å². The van der Waals surface area contributed by atoms with Crippen LogP contribution in [0.3, 0.4) is 0 Å². The van der Waals surface area contributed by atoms with E-state index in [1.807, 2.05) is 6.92 Å². The molecular formula is C10H16BrNO2. The monoisotopic (exact) mass is 261 g/mol. The summed E-state index contributed by atoms with van der Waals surface area (Å²) in [4.78, 5) is 13.3. The van der Waals surface area contributed by atoms with E-state index in [4.69, 9.17) is 4.74 Å². The minimum atomic E-state index is -0.0989. The van der Waals surface area contributed by atoms with E-state index < -0.39 is 0 Å². The topological polar surface area (TPSA) is 29.5 Å². The smallest absolute Gasteiger partial charge is 0.307 e. The molecule has 0 unspecified atom stereocenters. The zero-order valence-electron chi connectivity index (χ0n) is 8.46. The van der Waals surface area contributed by atoms with Crippen LogP contribution in [0.25, 0.3) is 0 Å². The molecule has 0 aromatic heterocycles. The molecule has 0 radical (unpaired) electrons. The third kappa shape index (κ3) is 4.24. The maximum atomic E-state index is 11.1. The highest BCUT2D eigenvalue weighted by atomic mass is 79.9. The van der Waals surface area contributed by atoms with Crippen LogP contribution in [0.1, 0.15) is 19.8 Å². The lowest BCUT2D eigenvalue weighted by Gasteiger charge is -2.24. The number of ether oxygens (including phenoxy) is 1. The van der Waals surface area contributed by atoms with Gasteiger partial charge in [-0.2, -0.15) is 0 Å². The lowest BCUT2D eigenvalue weighted by atomic mass is 10.2. The van der Waals surface area contributed by atoms with Gasteiger partial charge in [0.2, 0.25) is 0 Å². The lowest BCUT2D eigenvalue weighted by Crippen LogP contribution is -2.31. The fourth-order valence-corrected chi connectivity index (χ4v) is 2.02. The lowest BCUT2D eigenvalue weighted by molar-refractivity contribution is -0.143. The molecule has 0 bridgehead atoms. The highest BCUT2D eigenvalue weighted by Crippen LogP contribution is 2.14. The predicted octanol–water partition coefficient (Wildman–Crippen LogP) is 1.92. The average Bonchev–Trinajstić information content (AvgIpc) is 2.15. The van der Waals surface area contributed by atoms with Crippen molar-refractivity contribution in [3.8, 4) is 0 Å². The van der Waals surface area contributed by atoms with E-state index in [1.165, 1.54) is 4.48 Å². The van der Waals surface area contributed by atoms with Gasteiger partial charge < -0.3 is 4.74 Å². The zero-order chi connectivity index (χ0) is 10.4. The van der Waals surface area contributed by atoms with Crippen molar-refractivity contribution in [3.05, 3.63) is 10.6 Å². The molecular weight excluding hydrogens is 246 g/mol. The van der Waals surface area contributed by atoms with Gasteiger partial charge in [-0.3, -0.25) is 9.69 Å². The molecule has 0 spiro atoms. The SMILES string of the molecule is CCOC(=O)CCN1CCC=C(Br)C1. The summed E-state index contributed by atoms with van der Waals surface area (Å²) in [6, 6.07) is 0. The van der Waals surface area contributed by atoms with Gasteiger partial charge >= 0.3 is 5.97 Å². The molecule has 1 aliphatic rings. The molecule has 0 atom stereocenters. The van der Waals surface area contributed by atoms with Crippen molar-refractivity contribution in [2.75, 3.05) is 26.2 Å². The Kier molecular flexibility index (Phi) is 5.19. The predicted molar refractivity (Wildman–Crippen MR) is 59.3 cm³/mol. The summed E-state index contributed by atoms with van der Waals surface area (Å²) in [5, 5.41) is 0. The minimum Gasteiger partial charge on any atom is -0.466 e. The fourth-order valence-electron chi connectivity index (χ4n) is 1.43. The van der Waals surface area contributed by atoms with Gasteiger partial charge in [0.05, 0.1) is 13.0 Å². The number of nitrogens with zero attached hydrogens (tertiary/aromatic N) is 1. The fraction of sp³-hybridized carbons (Fsp3) is 0.700. The third-order valence-electron chi connectivity index (χ3n) is 2.12. The molecule has 0 aliphatic carbocycles. The van der Waals surface area contributed by atoms with Crippen molar-refractivity contribution in [2.45, 2.75) is 19.8 Å². The Labute approximate surface area is 93.2 Å². The van der Waals surface area contributed by atoms with Crippen molar-refractivity contribution in [2.24, 2.45) is 0 Å². The van der Waals surface area contributed by atoms with Crippen molar-refractivity contribution < 1.29 is 9.53 Å². The molecule has 14 heavy (non-hydrogen) atoms.